The van der Waals surface area contributed by atoms with Gasteiger partial charge in [-0.25, -0.2) is 0 Å². The van der Waals surface area contributed by atoms with Crippen LogP contribution in [0.2, 0.25) is 0 Å². The van der Waals surface area contributed by atoms with E-state index in [2.05, 4.69) is 16.1 Å². The zero-order valence-electron chi connectivity index (χ0n) is 12.1. The van der Waals surface area contributed by atoms with Crippen LogP contribution in [0.5, 0.6) is 0 Å². The van der Waals surface area contributed by atoms with Crippen molar-refractivity contribution in [1.29, 1.82) is 0 Å². The second-order valence-corrected chi connectivity index (χ2v) is 6.65. The van der Waals surface area contributed by atoms with Crippen molar-refractivity contribution in [2.75, 3.05) is 25.0 Å². The number of benzene rings is 1. The van der Waals surface area contributed by atoms with Crippen molar-refractivity contribution in [3.05, 3.63) is 29.3 Å². The van der Waals surface area contributed by atoms with E-state index in [0.717, 1.165) is 30.6 Å². The van der Waals surface area contributed by atoms with Crippen LogP contribution in [0, 0.1) is 0 Å². The molecule has 0 saturated carbocycles. The Morgan fingerprint density at radius 2 is 2.05 bits per heavy atom. The minimum Gasteiger partial charge on any atom is -0.385 e. The van der Waals surface area contributed by atoms with E-state index in [1.807, 2.05) is 26.0 Å². The van der Waals surface area contributed by atoms with E-state index in [-0.39, 0.29) is 0 Å². The number of nitrogens with zero attached hydrogens (tertiary/aromatic N) is 1. The smallest absolute Gasteiger partial charge is 0.279 e. The number of hydrogen-bond donors (Lipinski definition) is 2. The molecule has 1 aromatic rings. The molecule has 1 heterocycles. The van der Waals surface area contributed by atoms with E-state index >= 15 is 0 Å². The predicted molar refractivity (Wildman–Crippen MR) is 81.9 cm³/mol. The Labute approximate surface area is 121 Å². The molecule has 1 aliphatic heterocycles. The molecule has 0 unspecified atom stereocenters. The summed E-state index contributed by atoms with van der Waals surface area (Å²) in [5, 5.41) is 3.38. The Hall–Kier alpha value is -1.11. The number of anilines is 1. The highest BCUT2D eigenvalue weighted by Gasteiger charge is 2.19. The molecule has 0 aromatic heterocycles. The average molecular weight is 297 g/mol. The summed E-state index contributed by atoms with van der Waals surface area (Å²) in [4.78, 5) is 0. The monoisotopic (exact) mass is 297 g/mol. The third-order valence-electron chi connectivity index (χ3n) is 3.65. The molecule has 1 aliphatic rings. The minimum absolute atomic E-state index is 0.328. The van der Waals surface area contributed by atoms with Crippen LogP contribution in [0.25, 0.3) is 0 Å². The quantitative estimate of drug-likeness (QED) is 0.840. The van der Waals surface area contributed by atoms with Crippen LogP contribution in [0.1, 0.15) is 31.4 Å². The molecule has 0 bridgehead atoms. The van der Waals surface area contributed by atoms with Crippen LogP contribution >= 0.6 is 0 Å². The summed E-state index contributed by atoms with van der Waals surface area (Å²) in [6.45, 7) is 5.93. The highest BCUT2D eigenvalue weighted by molar-refractivity contribution is 7.87. The molecule has 1 aromatic carbocycles. The Kier molecular flexibility index (Phi) is 5.01. The van der Waals surface area contributed by atoms with Crippen LogP contribution < -0.4 is 10.0 Å². The number of fused-ring (bicyclic) bond motifs is 1. The van der Waals surface area contributed by atoms with E-state index in [1.165, 1.54) is 9.87 Å². The second-order valence-electron chi connectivity index (χ2n) is 4.89. The first-order chi connectivity index (χ1) is 9.58. The van der Waals surface area contributed by atoms with Gasteiger partial charge in [-0.05, 0) is 24.0 Å². The fraction of sp³-hybridized carbons (Fsp3) is 0.571. The molecule has 5 nitrogen and oxygen atoms in total. The van der Waals surface area contributed by atoms with Gasteiger partial charge in [0.05, 0.1) is 0 Å². The van der Waals surface area contributed by atoms with Gasteiger partial charge in [-0.1, -0.05) is 32.0 Å². The summed E-state index contributed by atoms with van der Waals surface area (Å²) in [6.07, 6.45) is 2.18. The predicted octanol–water partition coefficient (Wildman–Crippen LogP) is 1.72. The molecule has 0 atom stereocenters. The van der Waals surface area contributed by atoms with E-state index in [0.29, 0.717) is 19.6 Å². The Morgan fingerprint density at radius 3 is 2.75 bits per heavy atom. The molecule has 2 rings (SSSR count). The largest absolute Gasteiger partial charge is 0.385 e. The summed E-state index contributed by atoms with van der Waals surface area (Å²) >= 11 is 0. The van der Waals surface area contributed by atoms with Gasteiger partial charge in [-0.2, -0.15) is 17.4 Å². The van der Waals surface area contributed by atoms with Crippen molar-refractivity contribution >= 4 is 15.9 Å². The highest BCUT2D eigenvalue weighted by atomic mass is 32.2. The van der Waals surface area contributed by atoms with Gasteiger partial charge >= 0.3 is 0 Å². The number of para-hydroxylation sites is 1. The first-order valence-electron chi connectivity index (χ1n) is 7.17. The third-order valence-corrected chi connectivity index (χ3v) is 5.36. The fourth-order valence-electron chi connectivity index (χ4n) is 2.55. The SMILES string of the molecule is CCN(CC)S(=O)(=O)NCc1cccc2c1NCCC2. The van der Waals surface area contributed by atoms with Crippen LogP contribution in [-0.4, -0.2) is 32.4 Å². The van der Waals surface area contributed by atoms with Crippen LogP contribution in [0.3, 0.4) is 0 Å². The molecule has 2 N–H and O–H groups in total. The van der Waals surface area contributed by atoms with E-state index in [1.54, 1.807) is 0 Å². The van der Waals surface area contributed by atoms with Crippen molar-refractivity contribution in [3.63, 3.8) is 0 Å². The molecular formula is C14H23N3O2S. The molecule has 20 heavy (non-hydrogen) atoms. The molecule has 0 amide bonds. The second kappa shape index (κ2) is 6.56. The molecule has 112 valence electrons. The van der Waals surface area contributed by atoms with Crippen molar-refractivity contribution in [2.45, 2.75) is 33.2 Å². The average Bonchev–Trinajstić information content (AvgIpc) is 2.46. The molecule has 0 aliphatic carbocycles. The van der Waals surface area contributed by atoms with Crippen LogP contribution in [0.4, 0.5) is 5.69 Å². The maximum atomic E-state index is 12.1. The summed E-state index contributed by atoms with van der Waals surface area (Å²) in [7, 11) is -3.39. The molecule has 0 saturated heterocycles. The first kappa shape index (κ1) is 15.3. The van der Waals surface area contributed by atoms with Gasteiger partial charge in [0.2, 0.25) is 0 Å². The van der Waals surface area contributed by atoms with E-state index in [4.69, 9.17) is 0 Å². The zero-order chi connectivity index (χ0) is 14.6. The van der Waals surface area contributed by atoms with Gasteiger partial charge in [0.25, 0.3) is 10.2 Å². The maximum Gasteiger partial charge on any atom is 0.279 e. The van der Waals surface area contributed by atoms with E-state index in [9.17, 15) is 8.42 Å². The lowest BCUT2D eigenvalue weighted by Gasteiger charge is -2.23. The highest BCUT2D eigenvalue weighted by Crippen LogP contribution is 2.26. The lowest BCUT2D eigenvalue weighted by Crippen LogP contribution is -2.40. The summed E-state index contributed by atoms with van der Waals surface area (Å²) in [6, 6.07) is 6.07. The number of rotatable bonds is 6. The maximum absolute atomic E-state index is 12.1. The van der Waals surface area contributed by atoms with Gasteiger partial charge in [-0.3, -0.25) is 0 Å². The van der Waals surface area contributed by atoms with Gasteiger partial charge in [0.15, 0.2) is 0 Å². The van der Waals surface area contributed by atoms with Crippen molar-refractivity contribution in [3.8, 4) is 0 Å². The molecule has 0 radical (unpaired) electrons. The van der Waals surface area contributed by atoms with Crippen molar-refractivity contribution < 1.29 is 8.42 Å². The van der Waals surface area contributed by atoms with E-state index < -0.39 is 10.2 Å². The lowest BCUT2D eigenvalue weighted by molar-refractivity contribution is 0.434. The van der Waals surface area contributed by atoms with Gasteiger partial charge in [-0.15, -0.1) is 0 Å². The molecule has 0 fully saturated rings. The lowest BCUT2D eigenvalue weighted by atomic mass is 9.99. The number of hydrogen-bond acceptors (Lipinski definition) is 3. The van der Waals surface area contributed by atoms with Gasteiger partial charge < -0.3 is 5.32 Å². The topological polar surface area (TPSA) is 61.4 Å². The van der Waals surface area contributed by atoms with Crippen molar-refractivity contribution in [1.82, 2.24) is 9.03 Å². The van der Waals surface area contributed by atoms with Gasteiger partial charge in [0, 0.05) is 31.9 Å². The molecule has 6 heteroatoms. The Morgan fingerprint density at radius 1 is 1.30 bits per heavy atom. The summed E-state index contributed by atoms with van der Waals surface area (Å²) in [5.41, 5.74) is 3.38. The standard InChI is InChI=1S/C14H23N3O2S/c1-3-17(4-2)20(18,19)16-11-13-8-5-7-12-9-6-10-15-14(12)13/h5,7-8,15-16H,3-4,6,9-11H2,1-2H3. The third kappa shape index (κ3) is 3.31. The summed E-state index contributed by atoms with van der Waals surface area (Å²) < 4.78 is 28.4. The Balaban J connectivity index is 2.12. The van der Waals surface area contributed by atoms with Crippen molar-refractivity contribution in [2.24, 2.45) is 0 Å². The minimum atomic E-state index is -3.39. The molecular weight excluding hydrogens is 274 g/mol. The van der Waals surface area contributed by atoms with Gasteiger partial charge in [0.1, 0.15) is 0 Å². The first-order valence-corrected chi connectivity index (χ1v) is 8.61. The molecule has 0 spiro atoms. The normalized spacial score (nSPS) is 14.9. The van der Waals surface area contributed by atoms with Crippen LogP contribution in [-0.2, 0) is 23.2 Å². The van der Waals surface area contributed by atoms with Crippen LogP contribution in [0.15, 0.2) is 18.2 Å². The number of aryl methyl sites for hydroxylation is 1. The summed E-state index contributed by atoms with van der Waals surface area (Å²) in [5.74, 6) is 0. The number of nitrogens with one attached hydrogen (secondary N) is 2. The zero-order valence-corrected chi connectivity index (χ0v) is 13.0. The fourth-order valence-corrected chi connectivity index (χ4v) is 3.75. The Bertz CT molecular complexity index is 554.